The van der Waals surface area contributed by atoms with Crippen LogP contribution in [0.2, 0.25) is 0 Å². The number of hydrogen-bond donors (Lipinski definition) is 1. The fourth-order valence-electron chi connectivity index (χ4n) is 3.93. The van der Waals surface area contributed by atoms with Crippen molar-refractivity contribution in [2.24, 2.45) is 0 Å². The maximum atomic E-state index is 6.26. The number of halogens is 1. The summed E-state index contributed by atoms with van der Waals surface area (Å²) in [5, 5.41) is 6.35. The largest absolute Gasteiger partial charge is 0.489 e. The molecule has 27 heavy (non-hydrogen) atoms. The predicted octanol–water partition coefficient (Wildman–Crippen LogP) is 6.60. The highest BCUT2D eigenvalue weighted by Crippen LogP contribution is 2.29. The lowest BCUT2D eigenvalue weighted by molar-refractivity contribution is 0.300. The van der Waals surface area contributed by atoms with Gasteiger partial charge in [0.1, 0.15) is 12.4 Å². The van der Waals surface area contributed by atoms with Crippen molar-refractivity contribution in [3.63, 3.8) is 0 Å². The normalized spacial score (nSPS) is 15.1. The molecule has 1 aliphatic rings. The molecule has 0 heterocycles. The van der Waals surface area contributed by atoms with E-state index in [9.17, 15) is 0 Å². The molecule has 1 aliphatic carbocycles. The van der Waals surface area contributed by atoms with Gasteiger partial charge in [-0.25, -0.2) is 0 Å². The topological polar surface area (TPSA) is 21.3 Å². The number of ether oxygens (including phenoxy) is 1. The van der Waals surface area contributed by atoms with Crippen LogP contribution < -0.4 is 10.1 Å². The van der Waals surface area contributed by atoms with Crippen LogP contribution in [0.15, 0.2) is 65.1 Å². The van der Waals surface area contributed by atoms with Crippen LogP contribution in [0.1, 0.15) is 43.2 Å². The first kappa shape index (κ1) is 18.5. The van der Waals surface area contributed by atoms with E-state index in [1.54, 1.807) is 0 Å². The molecule has 0 aliphatic heterocycles. The average molecular weight is 424 g/mol. The summed E-state index contributed by atoms with van der Waals surface area (Å²) in [6.07, 6.45) is 6.66. The molecule has 0 bridgehead atoms. The summed E-state index contributed by atoms with van der Waals surface area (Å²) in [5.74, 6) is 0.986. The second-order valence-electron chi connectivity index (χ2n) is 7.39. The molecule has 0 unspecified atom stereocenters. The summed E-state index contributed by atoms with van der Waals surface area (Å²) in [5.41, 5.74) is 2.45. The molecule has 1 fully saturated rings. The molecule has 1 saturated carbocycles. The SMILES string of the molecule is Brc1ccc(COc2ccc3ccccc3c2CNC2CCCCC2)cc1. The monoisotopic (exact) mass is 423 g/mol. The summed E-state index contributed by atoms with van der Waals surface area (Å²) < 4.78 is 7.35. The molecule has 140 valence electrons. The van der Waals surface area contributed by atoms with Crippen LogP contribution in [0.25, 0.3) is 10.8 Å². The first-order valence-corrected chi connectivity index (χ1v) is 10.7. The summed E-state index contributed by atoms with van der Waals surface area (Å²) >= 11 is 3.49. The molecule has 2 nitrogen and oxygen atoms in total. The van der Waals surface area contributed by atoms with E-state index >= 15 is 0 Å². The van der Waals surface area contributed by atoms with Gasteiger partial charge in [0, 0.05) is 22.6 Å². The Morgan fingerprint density at radius 2 is 1.67 bits per heavy atom. The molecule has 1 N–H and O–H groups in total. The Kier molecular flexibility index (Phi) is 6.10. The van der Waals surface area contributed by atoms with E-state index in [1.807, 2.05) is 0 Å². The molecule has 3 aromatic rings. The Morgan fingerprint density at radius 3 is 2.48 bits per heavy atom. The van der Waals surface area contributed by atoms with Gasteiger partial charge in [0.25, 0.3) is 0 Å². The fourth-order valence-corrected chi connectivity index (χ4v) is 4.19. The summed E-state index contributed by atoms with van der Waals surface area (Å²) in [6.45, 7) is 1.45. The Balaban J connectivity index is 1.55. The Labute approximate surface area is 170 Å². The van der Waals surface area contributed by atoms with Crippen LogP contribution in [0.3, 0.4) is 0 Å². The molecule has 3 aromatic carbocycles. The summed E-state index contributed by atoms with van der Waals surface area (Å²) in [7, 11) is 0. The quantitative estimate of drug-likeness (QED) is 0.481. The van der Waals surface area contributed by atoms with Crippen LogP contribution in [0.5, 0.6) is 5.75 Å². The molecule has 0 saturated heterocycles. The van der Waals surface area contributed by atoms with E-state index < -0.39 is 0 Å². The minimum atomic E-state index is 0.585. The van der Waals surface area contributed by atoms with Crippen LogP contribution in [0, 0.1) is 0 Å². The lowest BCUT2D eigenvalue weighted by Gasteiger charge is -2.24. The fraction of sp³-hybridized carbons (Fsp3) is 0.333. The van der Waals surface area contributed by atoms with Crippen LogP contribution in [0.4, 0.5) is 0 Å². The third kappa shape index (κ3) is 4.72. The minimum Gasteiger partial charge on any atom is -0.489 e. The van der Waals surface area contributed by atoms with Gasteiger partial charge in [0.15, 0.2) is 0 Å². The first-order chi connectivity index (χ1) is 13.3. The molecule has 0 radical (unpaired) electrons. The average Bonchev–Trinajstić information content (AvgIpc) is 2.73. The van der Waals surface area contributed by atoms with E-state index in [0.717, 1.165) is 16.8 Å². The van der Waals surface area contributed by atoms with E-state index in [2.05, 4.69) is 81.9 Å². The van der Waals surface area contributed by atoms with Crippen LogP contribution in [-0.2, 0) is 13.2 Å². The zero-order valence-corrected chi connectivity index (χ0v) is 17.2. The van der Waals surface area contributed by atoms with Crippen LogP contribution >= 0.6 is 15.9 Å². The third-order valence-corrected chi connectivity index (χ3v) is 6.01. The molecule has 0 amide bonds. The van der Waals surface area contributed by atoms with Crippen molar-refractivity contribution >= 4 is 26.7 Å². The van der Waals surface area contributed by atoms with Gasteiger partial charge in [-0.1, -0.05) is 77.7 Å². The number of rotatable bonds is 6. The van der Waals surface area contributed by atoms with Crippen LogP contribution in [-0.4, -0.2) is 6.04 Å². The standard InChI is InChI=1S/C24H26BrNO/c25-20-13-10-18(11-14-20)17-27-24-15-12-19-6-4-5-9-22(19)23(24)16-26-21-7-2-1-3-8-21/h4-6,9-15,21,26H,1-3,7-8,16-17H2. The van der Waals surface area contributed by atoms with E-state index in [1.165, 1.54) is 54.0 Å². The highest BCUT2D eigenvalue weighted by atomic mass is 79.9. The highest BCUT2D eigenvalue weighted by Gasteiger charge is 2.15. The van der Waals surface area contributed by atoms with E-state index in [0.29, 0.717) is 12.6 Å². The Morgan fingerprint density at radius 1 is 0.889 bits per heavy atom. The lowest BCUT2D eigenvalue weighted by Crippen LogP contribution is -2.30. The summed E-state index contributed by atoms with van der Waals surface area (Å²) in [4.78, 5) is 0. The van der Waals surface area contributed by atoms with Crippen molar-refractivity contribution in [1.29, 1.82) is 0 Å². The van der Waals surface area contributed by atoms with Crippen molar-refractivity contribution in [3.05, 3.63) is 76.3 Å². The smallest absolute Gasteiger partial charge is 0.124 e. The van der Waals surface area contributed by atoms with E-state index in [4.69, 9.17) is 4.74 Å². The Hall–Kier alpha value is -1.84. The lowest BCUT2D eigenvalue weighted by atomic mass is 9.95. The summed E-state index contributed by atoms with van der Waals surface area (Å²) in [6, 6.07) is 21.9. The van der Waals surface area contributed by atoms with Gasteiger partial charge >= 0.3 is 0 Å². The van der Waals surface area contributed by atoms with E-state index in [-0.39, 0.29) is 0 Å². The minimum absolute atomic E-state index is 0.585. The van der Waals surface area contributed by atoms with Gasteiger partial charge in [-0.2, -0.15) is 0 Å². The molecule has 3 heteroatoms. The number of benzene rings is 3. The highest BCUT2D eigenvalue weighted by molar-refractivity contribution is 9.10. The predicted molar refractivity (Wildman–Crippen MR) is 116 cm³/mol. The molecular formula is C24H26BrNO. The Bertz CT molecular complexity index is 885. The van der Waals surface area contributed by atoms with Crippen molar-refractivity contribution in [2.75, 3.05) is 0 Å². The van der Waals surface area contributed by atoms with Crippen molar-refractivity contribution in [3.8, 4) is 5.75 Å². The number of hydrogen-bond acceptors (Lipinski definition) is 2. The zero-order valence-electron chi connectivity index (χ0n) is 15.6. The van der Waals surface area contributed by atoms with Gasteiger partial charge in [-0.15, -0.1) is 0 Å². The van der Waals surface area contributed by atoms with Crippen molar-refractivity contribution < 1.29 is 4.74 Å². The van der Waals surface area contributed by atoms with Gasteiger partial charge < -0.3 is 10.1 Å². The molecule has 0 aromatic heterocycles. The maximum Gasteiger partial charge on any atom is 0.124 e. The first-order valence-electron chi connectivity index (χ1n) is 9.91. The van der Waals surface area contributed by atoms with Gasteiger partial charge in [-0.3, -0.25) is 0 Å². The third-order valence-electron chi connectivity index (χ3n) is 5.48. The van der Waals surface area contributed by atoms with Crippen molar-refractivity contribution in [2.45, 2.75) is 51.3 Å². The molecule has 0 atom stereocenters. The van der Waals surface area contributed by atoms with Crippen molar-refractivity contribution in [1.82, 2.24) is 5.32 Å². The second kappa shape index (κ2) is 8.90. The van der Waals surface area contributed by atoms with Gasteiger partial charge in [0.2, 0.25) is 0 Å². The molecule has 4 rings (SSSR count). The zero-order chi connectivity index (χ0) is 18.5. The van der Waals surface area contributed by atoms with Gasteiger partial charge in [-0.05, 0) is 47.4 Å². The molecule has 0 spiro atoms. The number of fused-ring (bicyclic) bond motifs is 1. The van der Waals surface area contributed by atoms with Gasteiger partial charge in [0.05, 0.1) is 0 Å². The molecular weight excluding hydrogens is 398 g/mol. The maximum absolute atomic E-state index is 6.26. The number of nitrogens with one attached hydrogen (secondary N) is 1. The second-order valence-corrected chi connectivity index (χ2v) is 8.31.